The summed E-state index contributed by atoms with van der Waals surface area (Å²) in [5.41, 5.74) is 3.75. The summed E-state index contributed by atoms with van der Waals surface area (Å²) in [5.74, 6) is 0.422. The van der Waals surface area contributed by atoms with Crippen molar-refractivity contribution in [1.29, 1.82) is 0 Å². The van der Waals surface area contributed by atoms with Crippen LogP contribution in [0.1, 0.15) is 21.8 Å². The zero-order valence-corrected chi connectivity index (χ0v) is 13.2. The Balaban J connectivity index is 1.87. The quantitative estimate of drug-likeness (QED) is 0.746. The van der Waals surface area contributed by atoms with Crippen molar-refractivity contribution in [2.24, 2.45) is 0 Å². The second kappa shape index (κ2) is 5.33. The Bertz CT molecular complexity index is 839. The van der Waals surface area contributed by atoms with E-state index < -0.39 is 0 Å². The maximum absolute atomic E-state index is 12.3. The average molecular weight is 345 g/mol. The molecule has 0 bridgehead atoms. The van der Waals surface area contributed by atoms with Crippen LogP contribution in [0, 0.1) is 13.8 Å². The number of benzene rings is 2. The monoisotopic (exact) mass is 344 g/mol. The number of oxazole rings is 1. The minimum Gasteiger partial charge on any atom is -0.441 e. The highest BCUT2D eigenvalue weighted by atomic mass is 79.9. The van der Waals surface area contributed by atoms with Gasteiger partial charge in [-0.25, -0.2) is 4.98 Å². The van der Waals surface area contributed by atoms with Crippen LogP contribution in [-0.2, 0) is 0 Å². The molecule has 1 heterocycles. The molecule has 4 nitrogen and oxygen atoms in total. The van der Waals surface area contributed by atoms with Crippen molar-refractivity contribution < 1.29 is 9.21 Å². The lowest BCUT2D eigenvalue weighted by Crippen LogP contribution is -2.11. The number of rotatable bonds is 2. The summed E-state index contributed by atoms with van der Waals surface area (Å²) in [5, 5.41) is 2.88. The highest BCUT2D eigenvalue weighted by Gasteiger charge is 2.10. The van der Waals surface area contributed by atoms with E-state index in [9.17, 15) is 4.79 Å². The summed E-state index contributed by atoms with van der Waals surface area (Å²) >= 11 is 3.44. The lowest BCUT2D eigenvalue weighted by Gasteiger charge is -2.07. The summed E-state index contributed by atoms with van der Waals surface area (Å²) in [4.78, 5) is 16.5. The van der Waals surface area contributed by atoms with Gasteiger partial charge >= 0.3 is 0 Å². The van der Waals surface area contributed by atoms with E-state index in [0.717, 1.165) is 15.7 Å². The van der Waals surface area contributed by atoms with Crippen molar-refractivity contribution in [2.75, 3.05) is 5.32 Å². The third kappa shape index (κ3) is 2.83. The zero-order chi connectivity index (χ0) is 15.0. The molecule has 0 aliphatic carbocycles. The van der Waals surface area contributed by atoms with Gasteiger partial charge in [0.15, 0.2) is 11.5 Å². The number of carbonyl (C=O) groups excluding carboxylic acids is 1. The highest BCUT2D eigenvalue weighted by Crippen LogP contribution is 2.21. The van der Waals surface area contributed by atoms with E-state index in [1.54, 1.807) is 25.1 Å². The Labute approximate surface area is 130 Å². The summed E-state index contributed by atoms with van der Waals surface area (Å²) in [6, 6.07) is 10.9. The molecule has 0 atom stereocenters. The number of aromatic nitrogens is 1. The van der Waals surface area contributed by atoms with E-state index in [0.29, 0.717) is 22.6 Å². The molecular formula is C16H13BrN2O2. The van der Waals surface area contributed by atoms with E-state index in [2.05, 4.69) is 26.2 Å². The number of amides is 1. The van der Waals surface area contributed by atoms with E-state index >= 15 is 0 Å². The first kappa shape index (κ1) is 13.8. The molecule has 0 radical (unpaired) electrons. The van der Waals surface area contributed by atoms with E-state index in [1.165, 1.54) is 0 Å². The van der Waals surface area contributed by atoms with Crippen molar-refractivity contribution in [1.82, 2.24) is 4.98 Å². The molecule has 0 saturated heterocycles. The SMILES string of the molecule is Cc1nc2cc(C(=O)Nc3ccc(Br)c(C)c3)ccc2o1. The van der Waals surface area contributed by atoms with Crippen LogP contribution in [0.4, 0.5) is 5.69 Å². The lowest BCUT2D eigenvalue weighted by molar-refractivity contribution is 0.102. The first-order valence-electron chi connectivity index (χ1n) is 6.47. The van der Waals surface area contributed by atoms with Gasteiger partial charge < -0.3 is 9.73 Å². The van der Waals surface area contributed by atoms with Gasteiger partial charge in [0.05, 0.1) is 0 Å². The number of carbonyl (C=O) groups is 1. The number of fused-ring (bicyclic) bond motifs is 1. The molecule has 0 spiro atoms. The number of halogens is 1. The molecule has 0 saturated carbocycles. The van der Waals surface area contributed by atoms with Gasteiger partial charge in [-0.2, -0.15) is 0 Å². The number of anilines is 1. The largest absolute Gasteiger partial charge is 0.441 e. The standard InChI is InChI=1S/C16H13BrN2O2/c1-9-7-12(4-5-13(9)17)19-16(20)11-3-6-15-14(8-11)18-10(2)21-15/h3-8H,1-2H3,(H,19,20). The molecule has 0 unspecified atom stereocenters. The third-order valence-corrected chi connectivity index (χ3v) is 4.06. The third-order valence-electron chi connectivity index (χ3n) is 3.17. The van der Waals surface area contributed by atoms with Gasteiger partial charge in [0, 0.05) is 22.6 Å². The molecule has 21 heavy (non-hydrogen) atoms. The van der Waals surface area contributed by atoms with Crippen LogP contribution in [0.3, 0.4) is 0 Å². The van der Waals surface area contributed by atoms with Crippen LogP contribution in [0.25, 0.3) is 11.1 Å². The molecular weight excluding hydrogens is 332 g/mol. The number of hydrogen-bond donors (Lipinski definition) is 1. The molecule has 106 valence electrons. The second-order valence-corrected chi connectivity index (χ2v) is 5.69. The molecule has 1 amide bonds. The van der Waals surface area contributed by atoms with Crippen LogP contribution in [0.2, 0.25) is 0 Å². The minimum absolute atomic E-state index is 0.167. The summed E-state index contributed by atoms with van der Waals surface area (Å²) in [6.07, 6.45) is 0. The first-order chi connectivity index (χ1) is 10.0. The Morgan fingerprint density at radius 2 is 2.00 bits per heavy atom. The molecule has 5 heteroatoms. The number of aryl methyl sites for hydroxylation is 2. The molecule has 0 fully saturated rings. The fourth-order valence-corrected chi connectivity index (χ4v) is 2.36. The fourth-order valence-electron chi connectivity index (χ4n) is 2.11. The van der Waals surface area contributed by atoms with Gasteiger partial charge in [-0.3, -0.25) is 4.79 Å². The Hall–Kier alpha value is -2.14. The minimum atomic E-state index is -0.167. The number of hydrogen-bond acceptors (Lipinski definition) is 3. The van der Waals surface area contributed by atoms with E-state index in [1.807, 2.05) is 25.1 Å². The van der Waals surface area contributed by atoms with E-state index in [4.69, 9.17) is 4.42 Å². The van der Waals surface area contributed by atoms with Crippen molar-refractivity contribution in [3.63, 3.8) is 0 Å². The fraction of sp³-hybridized carbons (Fsp3) is 0.125. The number of nitrogens with zero attached hydrogens (tertiary/aromatic N) is 1. The molecule has 0 aliphatic heterocycles. The van der Waals surface area contributed by atoms with Gasteiger partial charge in [0.2, 0.25) is 0 Å². The van der Waals surface area contributed by atoms with Gasteiger partial charge in [-0.05, 0) is 48.9 Å². The zero-order valence-electron chi connectivity index (χ0n) is 11.6. The lowest BCUT2D eigenvalue weighted by atomic mass is 10.1. The molecule has 2 aromatic carbocycles. The summed E-state index contributed by atoms with van der Waals surface area (Å²) in [7, 11) is 0. The van der Waals surface area contributed by atoms with Crippen LogP contribution in [0.5, 0.6) is 0 Å². The number of nitrogens with one attached hydrogen (secondary N) is 1. The molecule has 0 aliphatic rings. The Morgan fingerprint density at radius 1 is 1.19 bits per heavy atom. The smallest absolute Gasteiger partial charge is 0.255 e. The Kier molecular flexibility index (Phi) is 3.51. The van der Waals surface area contributed by atoms with Crippen LogP contribution in [0.15, 0.2) is 45.3 Å². The van der Waals surface area contributed by atoms with Gasteiger partial charge in [0.25, 0.3) is 5.91 Å². The van der Waals surface area contributed by atoms with Crippen molar-refractivity contribution in [3.8, 4) is 0 Å². The average Bonchev–Trinajstić information content (AvgIpc) is 2.82. The van der Waals surface area contributed by atoms with Gasteiger partial charge in [0.1, 0.15) is 5.52 Å². The summed E-state index contributed by atoms with van der Waals surface area (Å²) < 4.78 is 6.42. The molecule has 1 aromatic heterocycles. The van der Waals surface area contributed by atoms with Crippen molar-refractivity contribution in [3.05, 3.63) is 57.9 Å². The predicted molar refractivity (Wildman–Crippen MR) is 85.6 cm³/mol. The normalized spacial score (nSPS) is 10.8. The van der Waals surface area contributed by atoms with Crippen LogP contribution >= 0.6 is 15.9 Å². The first-order valence-corrected chi connectivity index (χ1v) is 7.27. The van der Waals surface area contributed by atoms with Crippen molar-refractivity contribution >= 4 is 38.6 Å². The summed E-state index contributed by atoms with van der Waals surface area (Å²) in [6.45, 7) is 3.76. The maximum Gasteiger partial charge on any atom is 0.255 e. The molecule has 3 rings (SSSR count). The maximum atomic E-state index is 12.3. The van der Waals surface area contributed by atoms with Crippen LogP contribution in [-0.4, -0.2) is 10.9 Å². The van der Waals surface area contributed by atoms with Gasteiger partial charge in [-0.15, -0.1) is 0 Å². The topological polar surface area (TPSA) is 55.1 Å². The highest BCUT2D eigenvalue weighted by molar-refractivity contribution is 9.10. The predicted octanol–water partition coefficient (Wildman–Crippen LogP) is 4.46. The van der Waals surface area contributed by atoms with Crippen molar-refractivity contribution in [2.45, 2.75) is 13.8 Å². The van der Waals surface area contributed by atoms with Gasteiger partial charge in [-0.1, -0.05) is 15.9 Å². The second-order valence-electron chi connectivity index (χ2n) is 4.83. The van der Waals surface area contributed by atoms with E-state index in [-0.39, 0.29) is 5.91 Å². The molecule has 3 aromatic rings. The Morgan fingerprint density at radius 3 is 2.76 bits per heavy atom. The van der Waals surface area contributed by atoms with Crippen LogP contribution < -0.4 is 5.32 Å². The molecule has 1 N–H and O–H groups in total.